The van der Waals surface area contributed by atoms with Crippen molar-refractivity contribution in [3.63, 3.8) is 0 Å². The van der Waals surface area contributed by atoms with Gasteiger partial charge in [0, 0.05) is 17.0 Å². The van der Waals surface area contributed by atoms with E-state index in [1.165, 1.54) is 18.2 Å². The summed E-state index contributed by atoms with van der Waals surface area (Å²) in [5, 5.41) is 19.7. The first-order chi connectivity index (χ1) is 9.63. The first-order valence-corrected chi connectivity index (χ1v) is 6.87. The summed E-state index contributed by atoms with van der Waals surface area (Å²) in [6, 6.07) is 13.2. The smallest absolute Gasteiger partial charge is 0.271 e. The molecule has 6 heteroatoms. The van der Waals surface area contributed by atoms with Gasteiger partial charge in [-0.3, -0.25) is 10.1 Å². The van der Waals surface area contributed by atoms with Gasteiger partial charge in [0.15, 0.2) is 0 Å². The fraction of sp³-hybridized carbons (Fsp3) is 0.0714. The lowest BCUT2D eigenvalue weighted by Gasteiger charge is -2.07. The fourth-order valence-electron chi connectivity index (χ4n) is 1.58. The minimum atomic E-state index is -0.544. The zero-order valence-corrected chi connectivity index (χ0v) is 11.4. The van der Waals surface area contributed by atoms with E-state index in [1.807, 2.05) is 24.5 Å². The molecule has 0 radical (unpaired) electrons. The number of hydrogen-bond donors (Lipinski definition) is 0. The average Bonchev–Trinajstić information content (AvgIpc) is 2.48. The van der Waals surface area contributed by atoms with Crippen LogP contribution < -0.4 is 4.74 Å². The summed E-state index contributed by atoms with van der Waals surface area (Å²) in [6.45, 7) is 0. The zero-order chi connectivity index (χ0) is 14.5. The van der Waals surface area contributed by atoms with Gasteiger partial charge in [0.2, 0.25) is 0 Å². The molecule has 0 atom stereocenters. The Morgan fingerprint density at radius 3 is 2.50 bits per heavy atom. The van der Waals surface area contributed by atoms with Crippen LogP contribution in [0.15, 0.2) is 47.4 Å². The number of nitriles is 1. The summed E-state index contributed by atoms with van der Waals surface area (Å²) >= 11 is 1.61. The van der Waals surface area contributed by atoms with E-state index < -0.39 is 4.92 Å². The average molecular weight is 286 g/mol. The largest absolute Gasteiger partial charge is 0.456 e. The number of nitrogens with zero attached hydrogens (tertiary/aromatic N) is 2. The second-order valence-corrected chi connectivity index (χ2v) is 4.71. The zero-order valence-electron chi connectivity index (χ0n) is 10.6. The number of benzene rings is 2. The quantitative estimate of drug-likeness (QED) is 0.482. The molecule has 0 heterocycles. The number of rotatable bonds is 4. The molecule has 0 amide bonds. The standard InChI is InChI=1S/C14H10N2O3S/c1-20-13-5-3-12(4-6-13)19-14-7-2-11(16(17)18)8-10(14)9-15/h2-8H,1H3. The van der Waals surface area contributed by atoms with Crippen LogP contribution in [-0.4, -0.2) is 11.2 Å². The van der Waals surface area contributed by atoms with E-state index in [0.717, 1.165) is 4.90 Å². The highest BCUT2D eigenvalue weighted by Gasteiger charge is 2.12. The van der Waals surface area contributed by atoms with Crippen molar-refractivity contribution in [3.8, 4) is 17.6 Å². The molecule has 0 fully saturated rings. The maximum absolute atomic E-state index is 10.7. The highest BCUT2D eigenvalue weighted by molar-refractivity contribution is 7.98. The first-order valence-electron chi connectivity index (χ1n) is 5.64. The normalized spacial score (nSPS) is 9.80. The molecule has 2 rings (SSSR count). The van der Waals surface area contributed by atoms with Crippen LogP contribution in [0.2, 0.25) is 0 Å². The van der Waals surface area contributed by atoms with Gasteiger partial charge in [-0.05, 0) is 36.6 Å². The predicted molar refractivity (Wildman–Crippen MR) is 76.1 cm³/mol. The van der Waals surface area contributed by atoms with Crippen molar-refractivity contribution in [1.29, 1.82) is 5.26 Å². The molecule has 2 aromatic carbocycles. The summed E-state index contributed by atoms with van der Waals surface area (Å²) in [6.07, 6.45) is 1.97. The van der Waals surface area contributed by atoms with Crippen molar-refractivity contribution in [2.24, 2.45) is 0 Å². The lowest BCUT2D eigenvalue weighted by atomic mass is 10.2. The molecule has 100 valence electrons. The minimum absolute atomic E-state index is 0.133. The van der Waals surface area contributed by atoms with Gasteiger partial charge in [-0.1, -0.05) is 0 Å². The lowest BCUT2D eigenvalue weighted by Crippen LogP contribution is -1.92. The molecular formula is C14H10N2O3S. The molecule has 20 heavy (non-hydrogen) atoms. The van der Waals surface area contributed by atoms with E-state index in [9.17, 15) is 10.1 Å². The van der Waals surface area contributed by atoms with Crippen LogP contribution in [0, 0.1) is 21.4 Å². The molecule has 0 unspecified atom stereocenters. The van der Waals surface area contributed by atoms with Crippen molar-refractivity contribution in [2.75, 3.05) is 6.26 Å². The summed E-state index contributed by atoms with van der Waals surface area (Å²) in [4.78, 5) is 11.2. The minimum Gasteiger partial charge on any atom is -0.456 e. The molecule has 0 aliphatic carbocycles. The first kappa shape index (κ1) is 13.9. The van der Waals surface area contributed by atoms with Gasteiger partial charge in [0.05, 0.1) is 4.92 Å². The highest BCUT2D eigenvalue weighted by atomic mass is 32.2. The van der Waals surface area contributed by atoms with Gasteiger partial charge in [0.25, 0.3) is 5.69 Å². The number of hydrogen-bond acceptors (Lipinski definition) is 5. The number of ether oxygens (including phenoxy) is 1. The Kier molecular flexibility index (Phi) is 4.23. The maximum Gasteiger partial charge on any atom is 0.271 e. The van der Waals surface area contributed by atoms with Crippen molar-refractivity contribution in [3.05, 3.63) is 58.1 Å². The molecular weight excluding hydrogens is 276 g/mol. The van der Waals surface area contributed by atoms with Crippen LogP contribution in [0.4, 0.5) is 5.69 Å². The number of non-ortho nitro benzene ring substituents is 1. The second kappa shape index (κ2) is 6.08. The van der Waals surface area contributed by atoms with E-state index >= 15 is 0 Å². The van der Waals surface area contributed by atoms with Gasteiger partial charge in [-0.15, -0.1) is 11.8 Å². The van der Waals surface area contributed by atoms with Gasteiger partial charge in [0.1, 0.15) is 23.1 Å². The highest BCUT2D eigenvalue weighted by Crippen LogP contribution is 2.29. The molecule has 0 aliphatic rings. The van der Waals surface area contributed by atoms with Crippen LogP contribution >= 0.6 is 11.8 Å². The van der Waals surface area contributed by atoms with Gasteiger partial charge >= 0.3 is 0 Å². The Morgan fingerprint density at radius 2 is 1.95 bits per heavy atom. The molecule has 0 aliphatic heterocycles. The molecule has 0 bridgehead atoms. The molecule has 0 saturated heterocycles. The lowest BCUT2D eigenvalue weighted by molar-refractivity contribution is -0.384. The van der Waals surface area contributed by atoms with Crippen molar-refractivity contribution in [2.45, 2.75) is 4.90 Å². The number of nitro groups is 1. The van der Waals surface area contributed by atoms with Gasteiger partial charge in [-0.2, -0.15) is 5.26 Å². The molecule has 2 aromatic rings. The van der Waals surface area contributed by atoms with E-state index in [0.29, 0.717) is 11.5 Å². The molecule has 0 spiro atoms. The van der Waals surface area contributed by atoms with Gasteiger partial charge in [-0.25, -0.2) is 0 Å². The van der Waals surface area contributed by atoms with E-state index in [2.05, 4.69) is 0 Å². The van der Waals surface area contributed by atoms with Crippen molar-refractivity contribution >= 4 is 17.4 Å². The third-order valence-corrected chi connectivity index (χ3v) is 3.33. The van der Waals surface area contributed by atoms with Crippen molar-refractivity contribution < 1.29 is 9.66 Å². The molecule has 0 saturated carbocycles. The third-order valence-electron chi connectivity index (χ3n) is 2.58. The second-order valence-electron chi connectivity index (χ2n) is 3.83. The Morgan fingerprint density at radius 1 is 1.25 bits per heavy atom. The van der Waals surface area contributed by atoms with E-state index in [4.69, 9.17) is 10.00 Å². The van der Waals surface area contributed by atoms with Crippen LogP contribution in [0.1, 0.15) is 5.56 Å². The van der Waals surface area contributed by atoms with Crippen LogP contribution in [-0.2, 0) is 0 Å². The molecule has 0 aromatic heterocycles. The molecule has 0 N–H and O–H groups in total. The maximum atomic E-state index is 10.7. The van der Waals surface area contributed by atoms with Crippen LogP contribution in [0.3, 0.4) is 0 Å². The van der Waals surface area contributed by atoms with Crippen molar-refractivity contribution in [1.82, 2.24) is 0 Å². The van der Waals surface area contributed by atoms with E-state index in [1.54, 1.807) is 23.9 Å². The third kappa shape index (κ3) is 3.08. The Hall–Kier alpha value is -2.52. The Balaban J connectivity index is 2.28. The van der Waals surface area contributed by atoms with E-state index in [-0.39, 0.29) is 11.3 Å². The van der Waals surface area contributed by atoms with Crippen LogP contribution in [0.5, 0.6) is 11.5 Å². The SMILES string of the molecule is CSc1ccc(Oc2ccc([N+](=O)[O-])cc2C#N)cc1. The number of nitro benzene ring substituents is 1. The molecule has 5 nitrogen and oxygen atoms in total. The Labute approximate surface area is 120 Å². The van der Waals surface area contributed by atoms with Crippen LogP contribution in [0.25, 0.3) is 0 Å². The van der Waals surface area contributed by atoms with Gasteiger partial charge < -0.3 is 4.74 Å². The monoisotopic (exact) mass is 286 g/mol. The summed E-state index contributed by atoms with van der Waals surface area (Å²) in [5.74, 6) is 0.878. The topological polar surface area (TPSA) is 76.2 Å². The number of thioether (sulfide) groups is 1. The summed E-state index contributed by atoms with van der Waals surface area (Å²) < 4.78 is 5.58. The Bertz CT molecular complexity index is 678. The fourth-order valence-corrected chi connectivity index (χ4v) is 1.99. The summed E-state index contributed by atoms with van der Waals surface area (Å²) in [7, 11) is 0. The predicted octanol–water partition coefficient (Wildman–Crippen LogP) is 3.98. The summed E-state index contributed by atoms with van der Waals surface area (Å²) in [5.41, 5.74) is -0.000209.